The maximum atomic E-state index is 13.4. The number of amides is 2. The molecule has 1 atom stereocenters. The predicted octanol–water partition coefficient (Wildman–Crippen LogP) is 4.65. The van der Waals surface area contributed by atoms with Crippen molar-refractivity contribution in [2.24, 2.45) is 5.92 Å². The summed E-state index contributed by atoms with van der Waals surface area (Å²) in [6.07, 6.45) is 0.101. The Labute approximate surface area is 227 Å². The smallest absolute Gasteiger partial charge is 0.252 e. The molecule has 0 aliphatic carbocycles. The van der Waals surface area contributed by atoms with Gasteiger partial charge in [-0.05, 0) is 30.5 Å². The normalized spacial score (nSPS) is 15.1. The molecular formula is C29H24N6O3S. The van der Waals surface area contributed by atoms with Gasteiger partial charge in [-0.3, -0.25) is 19.4 Å². The Balaban J connectivity index is 1.32. The highest BCUT2D eigenvalue weighted by Crippen LogP contribution is 2.30. The largest absolute Gasteiger partial charge is 0.312 e. The number of aromatic nitrogens is 4. The fourth-order valence-electron chi connectivity index (χ4n) is 4.56. The molecule has 2 N–H and O–H groups in total. The number of carbonyl (C=O) groups is 2. The number of aryl methyl sites for hydroxylation is 1. The fourth-order valence-corrected chi connectivity index (χ4v) is 5.25. The molecule has 0 bridgehead atoms. The zero-order chi connectivity index (χ0) is 26.9. The summed E-state index contributed by atoms with van der Waals surface area (Å²) in [7, 11) is 0. The molecule has 3 aromatic heterocycles. The Kier molecular flexibility index (Phi) is 6.37. The molecular weight excluding hydrogens is 512 g/mol. The summed E-state index contributed by atoms with van der Waals surface area (Å²) in [6.45, 7) is 2.26. The van der Waals surface area contributed by atoms with Crippen LogP contribution in [0, 0.1) is 12.8 Å². The average Bonchev–Trinajstić information content (AvgIpc) is 3.70. The average molecular weight is 537 g/mol. The first-order chi connectivity index (χ1) is 18.9. The first-order valence-corrected chi connectivity index (χ1v) is 13.3. The number of anilines is 2. The summed E-state index contributed by atoms with van der Waals surface area (Å²) in [4.78, 5) is 48.7. The molecule has 39 heavy (non-hydrogen) atoms. The van der Waals surface area contributed by atoms with E-state index >= 15 is 0 Å². The van der Waals surface area contributed by atoms with Crippen molar-refractivity contribution in [3.8, 4) is 27.8 Å². The monoisotopic (exact) mass is 536 g/mol. The van der Waals surface area contributed by atoms with Crippen molar-refractivity contribution in [2.75, 3.05) is 16.8 Å². The van der Waals surface area contributed by atoms with E-state index in [9.17, 15) is 14.4 Å². The van der Waals surface area contributed by atoms with Gasteiger partial charge in [0.05, 0.1) is 16.5 Å². The minimum Gasteiger partial charge on any atom is -0.312 e. The van der Waals surface area contributed by atoms with E-state index in [4.69, 9.17) is 0 Å². The third-order valence-electron chi connectivity index (χ3n) is 6.58. The molecule has 1 aliphatic heterocycles. The summed E-state index contributed by atoms with van der Waals surface area (Å²) in [5.74, 6) is -0.442. The van der Waals surface area contributed by atoms with Crippen molar-refractivity contribution in [1.29, 1.82) is 0 Å². The molecule has 4 heterocycles. The van der Waals surface area contributed by atoms with E-state index in [2.05, 4.69) is 20.4 Å². The number of carbonyl (C=O) groups excluding carboxylic acids is 2. The maximum absolute atomic E-state index is 13.4. The van der Waals surface area contributed by atoms with Crippen LogP contribution in [0.2, 0.25) is 0 Å². The Morgan fingerprint density at radius 3 is 2.54 bits per heavy atom. The second-order valence-electron chi connectivity index (χ2n) is 9.35. The number of nitrogens with one attached hydrogen (secondary N) is 2. The SMILES string of the molecule is Cc1ccc(N2CC(C(=O)Nc3cc(-c4cccs4)nn3-c3nc(-c4ccccc4)cc(=O)[nH]3)CC2=O)cc1. The lowest BCUT2D eigenvalue weighted by Gasteiger charge is -2.17. The predicted molar refractivity (Wildman–Crippen MR) is 151 cm³/mol. The first-order valence-electron chi connectivity index (χ1n) is 12.4. The lowest BCUT2D eigenvalue weighted by atomic mass is 10.1. The number of nitrogens with zero attached hydrogens (tertiary/aromatic N) is 4. The third-order valence-corrected chi connectivity index (χ3v) is 7.47. The van der Waals surface area contributed by atoms with Crippen molar-refractivity contribution < 1.29 is 9.59 Å². The minimum atomic E-state index is -0.546. The third kappa shape index (κ3) is 5.01. The van der Waals surface area contributed by atoms with Gasteiger partial charge >= 0.3 is 0 Å². The summed E-state index contributed by atoms with van der Waals surface area (Å²) < 4.78 is 1.43. The van der Waals surface area contributed by atoms with Crippen molar-refractivity contribution in [1.82, 2.24) is 19.7 Å². The van der Waals surface area contributed by atoms with Crippen LogP contribution in [0.5, 0.6) is 0 Å². The van der Waals surface area contributed by atoms with Gasteiger partial charge in [-0.2, -0.15) is 9.78 Å². The molecule has 10 heteroatoms. The number of hydrogen-bond donors (Lipinski definition) is 2. The van der Waals surface area contributed by atoms with Gasteiger partial charge < -0.3 is 10.2 Å². The minimum absolute atomic E-state index is 0.101. The van der Waals surface area contributed by atoms with Gasteiger partial charge in [0.2, 0.25) is 17.8 Å². The van der Waals surface area contributed by atoms with Gasteiger partial charge in [0.15, 0.2) is 0 Å². The van der Waals surface area contributed by atoms with Crippen molar-refractivity contribution in [3.63, 3.8) is 0 Å². The lowest BCUT2D eigenvalue weighted by Crippen LogP contribution is -2.28. The van der Waals surface area contributed by atoms with Crippen molar-refractivity contribution in [2.45, 2.75) is 13.3 Å². The number of aromatic amines is 1. The van der Waals surface area contributed by atoms with Crippen LogP contribution >= 0.6 is 11.3 Å². The topological polar surface area (TPSA) is 113 Å². The van der Waals surface area contributed by atoms with Gasteiger partial charge in [0, 0.05) is 36.3 Å². The highest BCUT2D eigenvalue weighted by Gasteiger charge is 2.35. The van der Waals surface area contributed by atoms with Crippen LogP contribution in [0.25, 0.3) is 27.8 Å². The van der Waals surface area contributed by atoms with E-state index in [1.807, 2.05) is 79.0 Å². The molecule has 5 aromatic rings. The standard InChI is InChI=1S/C29H24N6O3S/c1-18-9-11-21(12-10-18)34-17-20(14-27(34)37)28(38)31-25-15-23(24-8-5-13-39-24)33-35(25)29-30-22(16-26(36)32-29)19-6-3-2-4-7-19/h2-13,15-16,20H,14,17H2,1H3,(H,31,38)(H,30,32,36). The Morgan fingerprint density at radius 1 is 1.00 bits per heavy atom. The Morgan fingerprint density at radius 2 is 1.79 bits per heavy atom. The maximum Gasteiger partial charge on any atom is 0.252 e. The first kappa shape index (κ1) is 24.5. The Hall–Kier alpha value is -4.83. The van der Waals surface area contributed by atoms with Gasteiger partial charge in [-0.15, -0.1) is 11.3 Å². The molecule has 0 saturated carbocycles. The van der Waals surface area contributed by atoms with Crippen LogP contribution in [0.3, 0.4) is 0 Å². The molecule has 6 rings (SSSR count). The molecule has 0 radical (unpaired) electrons. The van der Waals surface area contributed by atoms with Gasteiger partial charge in [-0.25, -0.2) is 4.98 Å². The van der Waals surface area contributed by atoms with Crippen LogP contribution in [0.15, 0.2) is 89.0 Å². The molecule has 0 spiro atoms. The second-order valence-corrected chi connectivity index (χ2v) is 10.3. The molecule has 1 unspecified atom stereocenters. The van der Waals surface area contributed by atoms with E-state index < -0.39 is 5.92 Å². The molecule has 1 aliphatic rings. The van der Waals surface area contributed by atoms with Crippen LogP contribution in [-0.4, -0.2) is 38.1 Å². The van der Waals surface area contributed by atoms with E-state index in [0.29, 0.717) is 17.2 Å². The number of benzene rings is 2. The van der Waals surface area contributed by atoms with Crippen LogP contribution in [0.4, 0.5) is 11.5 Å². The fraction of sp³-hybridized carbons (Fsp3) is 0.138. The zero-order valence-corrected chi connectivity index (χ0v) is 21.8. The van der Waals surface area contributed by atoms with Gasteiger partial charge in [0.1, 0.15) is 11.5 Å². The van der Waals surface area contributed by atoms with Gasteiger partial charge in [-0.1, -0.05) is 54.1 Å². The zero-order valence-electron chi connectivity index (χ0n) is 21.0. The van der Waals surface area contributed by atoms with Crippen LogP contribution in [-0.2, 0) is 9.59 Å². The summed E-state index contributed by atoms with van der Waals surface area (Å²) in [5, 5.41) is 9.54. The van der Waals surface area contributed by atoms with Crippen LogP contribution < -0.4 is 15.8 Å². The molecule has 9 nitrogen and oxygen atoms in total. The molecule has 1 fully saturated rings. The molecule has 1 saturated heterocycles. The summed E-state index contributed by atoms with van der Waals surface area (Å²) in [6, 6.07) is 24.0. The number of hydrogen-bond acceptors (Lipinski definition) is 6. The van der Waals surface area contributed by atoms with E-state index in [1.165, 1.54) is 22.1 Å². The summed E-state index contributed by atoms with van der Waals surface area (Å²) >= 11 is 1.51. The molecule has 2 amide bonds. The number of rotatable bonds is 6. The van der Waals surface area contributed by atoms with E-state index in [1.54, 1.807) is 11.0 Å². The van der Waals surface area contributed by atoms with Crippen molar-refractivity contribution in [3.05, 3.63) is 100 Å². The number of H-pyrrole nitrogens is 1. The lowest BCUT2D eigenvalue weighted by molar-refractivity contribution is -0.122. The van der Waals surface area contributed by atoms with Gasteiger partial charge in [0.25, 0.3) is 5.56 Å². The van der Waals surface area contributed by atoms with E-state index in [-0.39, 0.29) is 36.3 Å². The quantitative estimate of drug-likeness (QED) is 0.328. The molecule has 194 valence electrons. The van der Waals surface area contributed by atoms with E-state index in [0.717, 1.165) is 21.7 Å². The highest BCUT2D eigenvalue weighted by atomic mass is 32.1. The highest BCUT2D eigenvalue weighted by molar-refractivity contribution is 7.13. The van der Waals surface area contributed by atoms with Crippen LogP contribution in [0.1, 0.15) is 12.0 Å². The Bertz CT molecular complexity index is 1710. The summed E-state index contributed by atoms with van der Waals surface area (Å²) in [5.41, 5.74) is 3.40. The van der Waals surface area contributed by atoms with Crippen molar-refractivity contribution >= 4 is 34.7 Å². The molecule has 2 aromatic carbocycles. The second kappa shape index (κ2) is 10.1. The number of thiophene rings is 1.